The predicted octanol–water partition coefficient (Wildman–Crippen LogP) is 3.35. The van der Waals surface area contributed by atoms with Crippen LogP contribution in [0.5, 0.6) is 0 Å². The first-order valence-corrected chi connectivity index (χ1v) is 7.52. The summed E-state index contributed by atoms with van der Waals surface area (Å²) in [5.41, 5.74) is 1.82. The Morgan fingerprint density at radius 3 is 2.35 bits per heavy atom. The molecule has 0 unspecified atom stereocenters. The minimum absolute atomic E-state index is 0.126. The molecule has 0 bridgehead atoms. The van der Waals surface area contributed by atoms with Crippen LogP contribution in [0.15, 0.2) is 54.6 Å². The average molecular weight is 396 g/mol. The molecule has 2 aromatic rings. The molecule has 0 aliphatic carbocycles. The van der Waals surface area contributed by atoms with Gasteiger partial charge < -0.3 is 10.6 Å². The minimum atomic E-state index is -0.126. The zero-order valence-corrected chi connectivity index (χ0v) is 13.6. The molecule has 0 fully saturated rings. The number of nitrogens with one attached hydrogen (secondary N) is 2. The van der Waals surface area contributed by atoms with E-state index in [0.29, 0.717) is 11.5 Å². The van der Waals surface area contributed by atoms with Crippen LogP contribution in [0.2, 0.25) is 0 Å². The van der Waals surface area contributed by atoms with E-state index in [4.69, 9.17) is 12.2 Å². The lowest BCUT2D eigenvalue weighted by atomic mass is 10.1. The molecule has 1 amide bonds. The summed E-state index contributed by atoms with van der Waals surface area (Å²) in [4.78, 5) is 11.8. The second-order valence-electron chi connectivity index (χ2n) is 4.17. The van der Waals surface area contributed by atoms with E-state index in [0.717, 1.165) is 14.8 Å². The Labute approximate surface area is 136 Å². The number of hydrogen-bond acceptors (Lipinski definition) is 2. The van der Waals surface area contributed by atoms with Crippen LogP contribution in [0.4, 0.5) is 5.69 Å². The van der Waals surface area contributed by atoms with Crippen LogP contribution in [-0.2, 0) is 11.2 Å². The highest BCUT2D eigenvalue weighted by molar-refractivity contribution is 14.1. The molecule has 0 heterocycles. The zero-order chi connectivity index (χ0) is 14.4. The van der Waals surface area contributed by atoms with Gasteiger partial charge in [0.25, 0.3) is 0 Å². The predicted molar refractivity (Wildman–Crippen MR) is 93.7 cm³/mol. The lowest BCUT2D eigenvalue weighted by Crippen LogP contribution is -2.35. The van der Waals surface area contributed by atoms with Gasteiger partial charge in [-0.05, 0) is 64.6 Å². The van der Waals surface area contributed by atoms with Crippen LogP contribution in [0.1, 0.15) is 5.56 Å². The second-order valence-corrected chi connectivity index (χ2v) is 5.83. The van der Waals surface area contributed by atoms with Crippen molar-refractivity contribution in [2.45, 2.75) is 6.42 Å². The summed E-state index contributed by atoms with van der Waals surface area (Å²) in [5, 5.41) is 5.97. The van der Waals surface area contributed by atoms with Crippen molar-refractivity contribution in [3.63, 3.8) is 0 Å². The lowest BCUT2D eigenvalue weighted by molar-refractivity contribution is -0.119. The number of hydrogen-bond donors (Lipinski definition) is 2. The van der Waals surface area contributed by atoms with E-state index in [9.17, 15) is 4.79 Å². The van der Waals surface area contributed by atoms with Gasteiger partial charge >= 0.3 is 0 Å². The number of thiocarbonyl (C=S) groups is 1. The monoisotopic (exact) mass is 396 g/mol. The molecule has 102 valence electrons. The summed E-state index contributed by atoms with van der Waals surface area (Å²) in [7, 11) is 0. The number of carbonyl (C=O) groups excluding carboxylic acids is 1. The maximum Gasteiger partial charge on any atom is 0.230 e. The molecule has 0 spiro atoms. The van der Waals surface area contributed by atoms with Crippen LogP contribution in [-0.4, -0.2) is 11.0 Å². The van der Waals surface area contributed by atoms with E-state index >= 15 is 0 Å². The highest BCUT2D eigenvalue weighted by Gasteiger charge is 2.05. The SMILES string of the molecule is O=C(Cc1ccccc1)NC(=S)Nc1ccc(I)cc1. The van der Waals surface area contributed by atoms with E-state index in [-0.39, 0.29) is 5.91 Å². The smallest absolute Gasteiger partial charge is 0.230 e. The Morgan fingerprint density at radius 2 is 1.70 bits per heavy atom. The van der Waals surface area contributed by atoms with Gasteiger partial charge in [-0.15, -0.1) is 0 Å². The summed E-state index contributed by atoms with van der Waals surface area (Å²) in [6.07, 6.45) is 0.315. The molecule has 0 saturated heterocycles. The summed E-state index contributed by atoms with van der Waals surface area (Å²) in [5.74, 6) is -0.126. The molecule has 2 aromatic carbocycles. The fourth-order valence-corrected chi connectivity index (χ4v) is 2.24. The van der Waals surface area contributed by atoms with Crippen LogP contribution in [0, 0.1) is 3.57 Å². The molecule has 0 atom stereocenters. The highest BCUT2D eigenvalue weighted by Crippen LogP contribution is 2.10. The first kappa shape index (κ1) is 14.9. The van der Waals surface area contributed by atoms with Gasteiger partial charge in [0.1, 0.15) is 0 Å². The van der Waals surface area contributed by atoms with Gasteiger partial charge in [0.2, 0.25) is 5.91 Å². The third kappa shape index (κ3) is 4.90. The standard InChI is InChI=1S/C15H13IN2OS/c16-12-6-8-13(9-7-12)17-15(20)18-14(19)10-11-4-2-1-3-5-11/h1-9H,10H2,(H2,17,18,19,20). The maximum absolute atomic E-state index is 11.8. The maximum atomic E-state index is 11.8. The van der Waals surface area contributed by atoms with Crippen molar-refractivity contribution in [1.29, 1.82) is 0 Å². The zero-order valence-electron chi connectivity index (χ0n) is 10.6. The van der Waals surface area contributed by atoms with Gasteiger partial charge in [-0.3, -0.25) is 4.79 Å². The van der Waals surface area contributed by atoms with Crippen molar-refractivity contribution in [2.75, 3.05) is 5.32 Å². The van der Waals surface area contributed by atoms with Gasteiger partial charge in [-0.25, -0.2) is 0 Å². The molecule has 0 aliphatic heterocycles. The average Bonchev–Trinajstić information content (AvgIpc) is 2.42. The van der Waals surface area contributed by atoms with Crippen LogP contribution in [0.3, 0.4) is 0 Å². The summed E-state index contributed by atoms with van der Waals surface area (Å²) < 4.78 is 1.15. The Balaban J connectivity index is 1.85. The fourth-order valence-electron chi connectivity index (χ4n) is 1.65. The van der Waals surface area contributed by atoms with Crippen LogP contribution < -0.4 is 10.6 Å². The van der Waals surface area contributed by atoms with Crippen molar-refractivity contribution >= 4 is 51.5 Å². The number of rotatable bonds is 3. The fraction of sp³-hybridized carbons (Fsp3) is 0.0667. The van der Waals surface area contributed by atoms with Gasteiger partial charge in [0.15, 0.2) is 5.11 Å². The largest absolute Gasteiger partial charge is 0.332 e. The molecule has 5 heteroatoms. The third-order valence-electron chi connectivity index (χ3n) is 2.56. The number of carbonyl (C=O) groups is 1. The van der Waals surface area contributed by atoms with Gasteiger partial charge in [0, 0.05) is 9.26 Å². The Kier molecular flexibility index (Phi) is 5.49. The van der Waals surface area contributed by atoms with E-state index in [1.807, 2.05) is 54.6 Å². The van der Waals surface area contributed by atoms with Crippen molar-refractivity contribution in [1.82, 2.24) is 5.32 Å². The van der Waals surface area contributed by atoms with Gasteiger partial charge in [-0.2, -0.15) is 0 Å². The molecular formula is C15H13IN2OS. The number of halogens is 1. The van der Waals surface area contributed by atoms with Crippen LogP contribution >= 0.6 is 34.8 Å². The molecule has 0 radical (unpaired) electrons. The number of amides is 1. The van der Waals surface area contributed by atoms with E-state index in [2.05, 4.69) is 33.2 Å². The second kappa shape index (κ2) is 7.35. The molecule has 0 aliphatic rings. The first-order chi connectivity index (χ1) is 9.63. The topological polar surface area (TPSA) is 41.1 Å². The van der Waals surface area contributed by atoms with Crippen molar-refractivity contribution in [3.8, 4) is 0 Å². The summed E-state index contributed by atoms with van der Waals surface area (Å²) in [6, 6.07) is 17.3. The number of benzene rings is 2. The van der Waals surface area contributed by atoms with E-state index < -0.39 is 0 Å². The molecule has 0 saturated carbocycles. The van der Waals surface area contributed by atoms with Gasteiger partial charge in [0.05, 0.1) is 6.42 Å². The Hall–Kier alpha value is -1.47. The van der Waals surface area contributed by atoms with E-state index in [1.54, 1.807) is 0 Å². The quantitative estimate of drug-likeness (QED) is 0.618. The minimum Gasteiger partial charge on any atom is -0.332 e. The van der Waals surface area contributed by atoms with Crippen molar-refractivity contribution in [3.05, 3.63) is 63.7 Å². The number of anilines is 1. The Bertz CT molecular complexity index is 599. The molecule has 20 heavy (non-hydrogen) atoms. The summed E-state index contributed by atoms with van der Waals surface area (Å²) >= 11 is 7.35. The Morgan fingerprint density at radius 1 is 1.05 bits per heavy atom. The third-order valence-corrected chi connectivity index (χ3v) is 3.49. The molecule has 0 aromatic heterocycles. The normalized spacial score (nSPS) is 9.85. The summed E-state index contributed by atoms with van der Waals surface area (Å²) in [6.45, 7) is 0. The first-order valence-electron chi connectivity index (χ1n) is 6.04. The molecule has 3 nitrogen and oxygen atoms in total. The van der Waals surface area contributed by atoms with Crippen molar-refractivity contribution in [2.24, 2.45) is 0 Å². The molecule has 2 rings (SSSR count). The molecule has 2 N–H and O–H groups in total. The van der Waals surface area contributed by atoms with Gasteiger partial charge in [-0.1, -0.05) is 30.3 Å². The van der Waals surface area contributed by atoms with Crippen molar-refractivity contribution < 1.29 is 4.79 Å². The van der Waals surface area contributed by atoms with E-state index in [1.165, 1.54) is 0 Å². The lowest BCUT2D eigenvalue weighted by Gasteiger charge is -2.09. The molecular weight excluding hydrogens is 383 g/mol. The van der Waals surface area contributed by atoms with Crippen LogP contribution in [0.25, 0.3) is 0 Å². The highest BCUT2D eigenvalue weighted by atomic mass is 127.